The van der Waals surface area contributed by atoms with Gasteiger partial charge < -0.3 is 5.11 Å². The number of allylic oxidation sites excluding steroid dienone is 1. The molecule has 0 bridgehead atoms. The number of benzene rings is 1. The van der Waals surface area contributed by atoms with Crippen LogP contribution in [0.15, 0.2) is 29.8 Å². The summed E-state index contributed by atoms with van der Waals surface area (Å²) in [5, 5.41) is 9.24. The minimum Gasteiger partial charge on any atom is -0.508 e. The van der Waals surface area contributed by atoms with E-state index in [9.17, 15) is 5.11 Å². The maximum Gasteiger partial charge on any atom is 0.117 e. The molecule has 68 valence electrons. The topological polar surface area (TPSA) is 32.6 Å². The molecule has 2 heteroatoms. The lowest BCUT2D eigenvalue weighted by molar-refractivity contribution is 0.475. The third-order valence-electron chi connectivity index (χ3n) is 1.71. The van der Waals surface area contributed by atoms with E-state index in [1.54, 1.807) is 18.3 Å². The van der Waals surface area contributed by atoms with Crippen LogP contribution in [0.4, 0.5) is 5.69 Å². The molecule has 0 radical (unpaired) electrons. The monoisotopic (exact) mass is 175 g/mol. The Balaban J connectivity index is 3.26. The van der Waals surface area contributed by atoms with Crippen LogP contribution in [-0.2, 0) is 0 Å². The van der Waals surface area contributed by atoms with Crippen molar-refractivity contribution >= 4 is 17.5 Å². The predicted octanol–water partition coefficient (Wildman–Crippen LogP) is 3.15. The average Bonchev–Trinajstić information content (AvgIpc) is 2.04. The summed E-state index contributed by atoms with van der Waals surface area (Å²) in [6.45, 7) is 7.60. The summed E-state index contributed by atoms with van der Waals surface area (Å²) >= 11 is 0. The third-order valence-corrected chi connectivity index (χ3v) is 1.71. The molecule has 1 aromatic carbocycles. The summed E-state index contributed by atoms with van der Waals surface area (Å²) in [5.74, 6) is 0.227. The normalized spacial score (nSPS) is 10.6. The van der Waals surface area contributed by atoms with Crippen LogP contribution in [0.5, 0.6) is 5.75 Å². The van der Waals surface area contributed by atoms with E-state index in [4.69, 9.17) is 0 Å². The van der Waals surface area contributed by atoms with Gasteiger partial charge in [-0.15, -0.1) is 0 Å². The maximum absolute atomic E-state index is 9.24. The molecule has 0 heterocycles. The molecule has 0 aliphatic heterocycles. The third kappa shape index (κ3) is 2.18. The summed E-state index contributed by atoms with van der Waals surface area (Å²) in [4.78, 5) is 4.14. The van der Waals surface area contributed by atoms with Gasteiger partial charge in [-0.05, 0) is 31.6 Å². The molecular weight excluding hydrogens is 162 g/mol. The highest BCUT2D eigenvalue weighted by atomic mass is 16.3. The summed E-state index contributed by atoms with van der Waals surface area (Å²) < 4.78 is 0. The molecule has 13 heavy (non-hydrogen) atoms. The van der Waals surface area contributed by atoms with E-state index in [-0.39, 0.29) is 5.75 Å². The smallest absolute Gasteiger partial charge is 0.117 e. The second-order valence-corrected chi connectivity index (χ2v) is 2.87. The van der Waals surface area contributed by atoms with Crippen molar-refractivity contribution in [3.05, 3.63) is 30.3 Å². The fraction of sp³-hybridized carbons (Fsp3) is 0.182. The van der Waals surface area contributed by atoms with Gasteiger partial charge in [0, 0.05) is 17.8 Å². The van der Waals surface area contributed by atoms with E-state index in [2.05, 4.69) is 11.6 Å². The van der Waals surface area contributed by atoms with Crippen molar-refractivity contribution in [2.45, 2.75) is 13.8 Å². The van der Waals surface area contributed by atoms with Crippen LogP contribution in [-0.4, -0.2) is 11.3 Å². The molecule has 0 saturated heterocycles. The summed E-state index contributed by atoms with van der Waals surface area (Å²) in [6, 6.07) is 5.09. The van der Waals surface area contributed by atoms with E-state index >= 15 is 0 Å². The Morgan fingerprint density at radius 3 is 2.77 bits per heavy atom. The van der Waals surface area contributed by atoms with Gasteiger partial charge in [-0.3, -0.25) is 4.99 Å². The Labute approximate surface area is 78.3 Å². The molecule has 0 saturated carbocycles. The highest BCUT2D eigenvalue weighted by Gasteiger charge is 2.01. The first kappa shape index (κ1) is 9.52. The van der Waals surface area contributed by atoms with Gasteiger partial charge in [-0.2, -0.15) is 0 Å². The Hall–Kier alpha value is -1.57. The predicted molar refractivity (Wildman–Crippen MR) is 56.6 cm³/mol. The van der Waals surface area contributed by atoms with Crippen LogP contribution in [0.3, 0.4) is 0 Å². The van der Waals surface area contributed by atoms with Crippen molar-refractivity contribution in [2.75, 3.05) is 0 Å². The number of hydrogen-bond acceptors (Lipinski definition) is 2. The van der Waals surface area contributed by atoms with Gasteiger partial charge in [0.25, 0.3) is 0 Å². The Morgan fingerprint density at radius 2 is 2.23 bits per heavy atom. The van der Waals surface area contributed by atoms with E-state index in [0.29, 0.717) is 0 Å². The van der Waals surface area contributed by atoms with Crippen LogP contribution in [0.25, 0.3) is 5.57 Å². The molecule has 0 unspecified atom stereocenters. The van der Waals surface area contributed by atoms with Crippen molar-refractivity contribution in [1.82, 2.24) is 0 Å². The minimum absolute atomic E-state index is 0.227. The van der Waals surface area contributed by atoms with Crippen molar-refractivity contribution in [2.24, 2.45) is 4.99 Å². The van der Waals surface area contributed by atoms with Gasteiger partial charge in [0.2, 0.25) is 0 Å². The second kappa shape index (κ2) is 3.90. The van der Waals surface area contributed by atoms with E-state index in [1.165, 1.54) is 0 Å². The second-order valence-electron chi connectivity index (χ2n) is 2.87. The van der Waals surface area contributed by atoms with Gasteiger partial charge in [-0.1, -0.05) is 6.58 Å². The van der Waals surface area contributed by atoms with E-state index in [1.807, 2.05) is 19.9 Å². The molecule has 0 aliphatic carbocycles. The Bertz CT molecular complexity index is 353. The molecule has 1 aromatic rings. The molecule has 0 amide bonds. The van der Waals surface area contributed by atoms with Gasteiger partial charge in [0.05, 0.1) is 5.69 Å². The number of rotatable bonds is 2. The molecule has 0 spiro atoms. The van der Waals surface area contributed by atoms with Crippen LogP contribution in [0.1, 0.15) is 19.4 Å². The summed E-state index contributed by atoms with van der Waals surface area (Å²) in [5.41, 5.74) is 2.67. The zero-order valence-electron chi connectivity index (χ0n) is 7.91. The minimum atomic E-state index is 0.227. The van der Waals surface area contributed by atoms with Gasteiger partial charge in [-0.25, -0.2) is 0 Å². The molecule has 0 aliphatic rings. The molecular formula is C11H13NO. The van der Waals surface area contributed by atoms with Gasteiger partial charge in [0.1, 0.15) is 5.75 Å². The molecule has 0 fully saturated rings. The van der Waals surface area contributed by atoms with Crippen LogP contribution in [0, 0.1) is 0 Å². The van der Waals surface area contributed by atoms with Crippen molar-refractivity contribution in [3.8, 4) is 5.75 Å². The highest BCUT2D eigenvalue weighted by molar-refractivity contribution is 5.75. The van der Waals surface area contributed by atoms with Crippen molar-refractivity contribution in [3.63, 3.8) is 0 Å². The van der Waals surface area contributed by atoms with Gasteiger partial charge >= 0.3 is 0 Å². The number of hydrogen-bond donors (Lipinski definition) is 1. The zero-order chi connectivity index (χ0) is 9.84. The summed E-state index contributed by atoms with van der Waals surface area (Å²) in [6.07, 6.45) is 1.70. The first-order valence-corrected chi connectivity index (χ1v) is 4.12. The largest absolute Gasteiger partial charge is 0.508 e. The molecule has 0 atom stereocenters. The highest BCUT2D eigenvalue weighted by Crippen LogP contribution is 2.28. The SMILES string of the molecule is C=C(C)c1ccc(O)cc1N=CC. The molecule has 1 N–H and O–H groups in total. The number of phenols is 1. The standard InChI is InChI=1S/C11H13NO/c1-4-12-11-7-9(13)5-6-10(11)8(2)3/h4-7,13H,2H2,1,3H3. The lowest BCUT2D eigenvalue weighted by Crippen LogP contribution is -1.79. The van der Waals surface area contributed by atoms with Gasteiger partial charge in [0.15, 0.2) is 0 Å². The fourth-order valence-corrected chi connectivity index (χ4v) is 1.13. The average molecular weight is 175 g/mol. The molecule has 0 aromatic heterocycles. The number of aliphatic imine (C=N–C) groups is 1. The number of phenolic OH excluding ortho intramolecular Hbond substituents is 1. The fourth-order valence-electron chi connectivity index (χ4n) is 1.13. The van der Waals surface area contributed by atoms with Crippen LogP contribution in [0.2, 0.25) is 0 Å². The summed E-state index contributed by atoms with van der Waals surface area (Å²) in [7, 11) is 0. The van der Waals surface area contributed by atoms with Crippen molar-refractivity contribution in [1.29, 1.82) is 0 Å². The van der Waals surface area contributed by atoms with Crippen LogP contribution < -0.4 is 0 Å². The quantitative estimate of drug-likeness (QED) is 0.688. The molecule has 1 rings (SSSR count). The number of nitrogens with zero attached hydrogens (tertiary/aromatic N) is 1. The lowest BCUT2D eigenvalue weighted by Gasteiger charge is -2.04. The van der Waals surface area contributed by atoms with Crippen LogP contribution >= 0.6 is 0 Å². The lowest BCUT2D eigenvalue weighted by atomic mass is 10.1. The van der Waals surface area contributed by atoms with E-state index < -0.39 is 0 Å². The van der Waals surface area contributed by atoms with E-state index in [0.717, 1.165) is 16.8 Å². The molecule has 2 nitrogen and oxygen atoms in total. The Morgan fingerprint density at radius 1 is 1.54 bits per heavy atom. The first-order valence-electron chi connectivity index (χ1n) is 4.12. The number of aromatic hydroxyl groups is 1. The maximum atomic E-state index is 9.24. The Kier molecular flexibility index (Phi) is 2.85. The first-order chi connectivity index (χ1) is 6.15. The zero-order valence-corrected chi connectivity index (χ0v) is 7.91. The van der Waals surface area contributed by atoms with Crippen molar-refractivity contribution < 1.29 is 5.11 Å².